The van der Waals surface area contributed by atoms with Crippen molar-refractivity contribution in [3.63, 3.8) is 0 Å². The van der Waals surface area contributed by atoms with E-state index < -0.39 is 0 Å². The first-order valence-electron chi connectivity index (χ1n) is 9.71. The van der Waals surface area contributed by atoms with E-state index in [1.54, 1.807) is 18.2 Å². The highest BCUT2D eigenvalue weighted by atomic mass is 79.9. The van der Waals surface area contributed by atoms with Crippen molar-refractivity contribution in [1.82, 2.24) is 10.3 Å². The molecular weight excluding hydrogens is 474 g/mol. The van der Waals surface area contributed by atoms with E-state index in [0.717, 1.165) is 32.4 Å². The predicted octanol–water partition coefficient (Wildman–Crippen LogP) is 5.92. The number of nitrogens with one attached hydrogen (secondary N) is 2. The maximum atomic E-state index is 12.3. The van der Waals surface area contributed by atoms with Crippen molar-refractivity contribution in [1.29, 1.82) is 0 Å². The van der Waals surface area contributed by atoms with Gasteiger partial charge < -0.3 is 9.73 Å². The van der Waals surface area contributed by atoms with Crippen LogP contribution in [0, 0.1) is 13.8 Å². The third-order valence-electron chi connectivity index (χ3n) is 4.75. The lowest BCUT2D eigenvalue weighted by atomic mass is 10.1. The highest BCUT2D eigenvalue weighted by Gasteiger charge is 2.11. The molecule has 5 nitrogen and oxygen atoms in total. The fraction of sp³-hybridized carbons (Fsp3) is 0.125. The average Bonchev–Trinajstić information content (AvgIpc) is 3.12. The third-order valence-corrected chi connectivity index (χ3v) is 5.44. The van der Waals surface area contributed by atoms with Crippen LogP contribution < -0.4 is 10.6 Å². The standard InChI is InChI=1S/C24H20BrN3O2S/c1-14-10-15(2)22-20(11-14)27-21(30-22)12-16-6-8-19(9-7-16)26-24(31)28-23(29)17-4-3-5-18(25)13-17/h3-11,13H,12H2,1-2H3,(H2,26,28,29,31). The fourth-order valence-electron chi connectivity index (χ4n) is 3.35. The third kappa shape index (κ3) is 5.18. The maximum Gasteiger partial charge on any atom is 0.257 e. The smallest absolute Gasteiger partial charge is 0.257 e. The van der Waals surface area contributed by atoms with E-state index in [1.807, 2.05) is 43.3 Å². The van der Waals surface area contributed by atoms with Crippen LogP contribution in [0.5, 0.6) is 0 Å². The van der Waals surface area contributed by atoms with Gasteiger partial charge in [0.25, 0.3) is 5.91 Å². The molecule has 0 aliphatic carbocycles. The molecule has 0 bridgehead atoms. The molecule has 4 aromatic rings. The quantitative estimate of drug-likeness (QED) is 0.345. The zero-order chi connectivity index (χ0) is 22.0. The van der Waals surface area contributed by atoms with Crippen LogP contribution in [-0.4, -0.2) is 16.0 Å². The first kappa shape index (κ1) is 21.2. The van der Waals surface area contributed by atoms with E-state index in [-0.39, 0.29) is 11.0 Å². The number of aromatic nitrogens is 1. The Morgan fingerprint density at radius 3 is 2.61 bits per heavy atom. The van der Waals surface area contributed by atoms with Gasteiger partial charge in [-0.2, -0.15) is 0 Å². The van der Waals surface area contributed by atoms with Gasteiger partial charge in [0.15, 0.2) is 16.6 Å². The van der Waals surface area contributed by atoms with E-state index in [1.165, 1.54) is 5.56 Å². The van der Waals surface area contributed by atoms with Crippen LogP contribution in [0.25, 0.3) is 11.1 Å². The lowest BCUT2D eigenvalue weighted by Gasteiger charge is -2.10. The monoisotopic (exact) mass is 493 g/mol. The van der Waals surface area contributed by atoms with Crippen molar-refractivity contribution in [3.05, 3.63) is 93.3 Å². The molecule has 7 heteroatoms. The molecule has 1 heterocycles. The number of carbonyl (C=O) groups excluding carboxylic acids is 1. The Bertz CT molecular complexity index is 1280. The van der Waals surface area contributed by atoms with Gasteiger partial charge in [-0.1, -0.05) is 40.2 Å². The number of oxazole rings is 1. The molecule has 31 heavy (non-hydrogen) atoms. The molecule has 0 atom stereocenters. The SMILES string of the molecule is Cc1cc(C)c2oc(Cc3ccc(NC(=S)NC(=O)c4cccc(Br)c4)cc3)nc2c1. The normalized spacial score (nSPS) is 10.8. The number of amides is 1. The highest BCUT2D eigenvalue weighted by Crippen LogP contribution is 2.23. The number of carbonyl (C=O) groups is 1. The molecule has 0 unspecified atom stereocenters. The second kappa shape index (κ2) is 8.99. The van der Waals surface area contributed by atoms with E-state index in [4.69, 9.17) is 16.6 Å². The van der Waals surface area contributed by atoms with Crippen molar-refractivity contribution >= 4 is 56.0 Å². The van der Waals surface area contributed by atoms with Gasteiger partial charge in [0.2, 0.25) is 0 Å². The van der Waals surface area contributed by atoms with E-state index in [9.17, 15) is 4.79 Å². The largest absolute Gasteiger partial charge is 0.440 e. The molecule has 0 spiro atoms. The number of rotatable bonds is 4. The number of benzene rings is 3. The van der Waals surface area contributed by atoms with Crippen LogP contribution in [0.15, 0.2) is 69.6 Å². The van der Waals surface area contributed by atoms with E-state index in [0.29, 0.717) is 17.9 Å². The Balaban J connectivity index is 1.38. The van der Waals surface area contributed by atoms with Gasteiger partial charge >= 0.3 is 0 Å². The van der Waals surface area contributed by atoms with Crippen LogP contribution in [0.3, 0.4) is 0 Å². The van der Waals surface area contributed by atoms with Crippen LogP contribution in [0.2, 0.25) is 0 Å². The fourth-order valence-corrected chi connectivity index (χ4v) is 3.96. The van der Waals surface area contributed by atoms with Crippen LogP contribution in [-0.2, 0) is 6.42 Å². The average molecular weight is 494 g/mol. The molecule has 1 amide bonds. The summed E-state index contributed by atoms with van der Waals surface area (Å²) in [6.07, 6.45) is 0.595. The number of aryl methyl sites for hydroxylation is 2. The zero-order valence-electron chi connectivity index (χ0n) is 17.0. The van der Waals surface area contributed by atoms with Crippen LogP contribution in [0.4, 0.5) is 5.69 Å². The van der Waals surface area contributed by atoms with Gasteiger partial charge in [0, 0.05) is 22.1 Å². The summed E-state index contributed by atoms with van der Waals surface area (Å²) in [6.45, 7) is 4.08. The Morgan fingerprint density at radius 2 is 1.87 bits per heavy atom. The summed E-state index contributed by atoms with van der Waals surface area (Å²) in [5.41, 5.74) is 6.36. The Labute approximate surface area is 194 Å². The van der Waals surface area contributed by atoms with Crippen molar-refractivity contribution in [2.45, 2.75) is 20.3 Å². The first-order valence-corrected chi connectivity index (χ1v) is 10.9. The topological polar surface area (TPSA) is 67.2 Å². The minimum absolute atomic E-state index is 0.238. The number of halogens is 1. The van der Waals surface area contributed by atoms with Crippen molar-refractivity contribution < 1.29 is 9.21 Å². The van der Waals surface area contributed by atoms with Gasteiger partial charge in [-0.15, -0.1) is 0 Å². The first-order chi connectivity index (χ1) is 14.9. The molecule has 0 aliphatic heterocycles. The van der Waals surface area contributed by atoms with E-state index >= 15 is 0 Å². The van der Waals surface area contributed by atoms with Gasteiger partial charge in [0.05, 0.1) is 0 Å². The minimum Gasteiger partial charge on any atom is -0.440 e. The van der Waals surface area contributed by atoms with Gasteiger partial charge in [-0.25, -0.2) is 4.98 Å². The molecule has 4 rings (SSSR count). The zero-order valence-corrected chi connectivity index (χ0v) is 19.4. The number of nitrogens with zero attached hydrogens (tertiary/aromatic N) is 1. The van der Waals surface area contributed by atoms with Crippen LogP contribution in [0.1, 0.15) is 32.9 Å². The summed E-state index contributed by atoms with van der Waals surface area (Å²) < 4.78 is 6.78. The summed E-state index contributed by atoms with van der Waals surface area (Å²) in [7, 11) is 0. The lowest BCUT2D eigenvalue weighted by molar-refractivity contribution is 0.0977. The predicted molar refractivity (Wildman–Crippen MR) is 131 cm³/mol. The van der Waals surface area contributed by atoms with Gasteiger partial charge in [-0.3, -0.25) is 10.1 Å². The molecule has 156 valence electrons. The molecule has 0 aliphatic rings. The maximum absolute atomic E-state index is 12.3. The van der Waals surface area contributed by atoms with Crippen molar-refractivity contribution in [2.24, 2.45) is 0 Å². The Kier molecular flexibility index (Phi) is 6.15. The molecule has 2 N–H and O–H groups in total. The second-order valence-electron chi connectivity index (χ2n) is 7.33. The summed E-state index contributed by atoms with van der Waals surface area (Å²) in [6, 6.07) is 19.0. The molecule has 0 saturated heterocycles. The number of anilines is 1. The Hall–Kier alpha value is -3.03. The highest BCUT2D eigenvalue weighted by molar-refractivity contribution is 9.10. The number of hydrogen-bond donors (Lipinski definition) is 2. The molecule has 0 fully saturated rings. The molecule has 0 radical (unpaired) electrons. The van der Waals surface area contributed by atoms with E-state index in [2.05, 4.69) is 44.5 Å². The molecule has 1 aromatic heterocycles. The number of thiocarbonyl (C=S) groups is 1. The number of hydrogen-bond acceptors (Lipinski definition) is 4. The number of fused-ring (bicyclic) bond motifs is 1. The molecule has 3 aromatic carbocycles. The van der Waals surface area contributed by atoms with Gasteiger partial charge in [0.1, 0.15) is 5.52 Å². The van der Waals surface area contributed by atoms with Crippen LogP contribution >= 0.6 is 28.1 Å². The van der Waals surface area contributed by atoms with Gasteiger partial charge in [-0.05, 0) is 79.2 Å². The minimum atomic E-state index is -0.267. The van der Waals surface area contributed by atoms with Crippen molar-refractivity contribution in [2.75, 3.05) is 5.32 Å². The summed E-state index contributed by atoms with van der Waals surface area (Å²) in [5, 5.41) is 5.96. The summed E-state index contributed by atoms with van der Waals surface area (Å²) in [4.78, 5) is 16.9. The summed E-state index contributed by atoms with van der Waals surface area (Å²) in [5.74, 6) is 0.415. The summed E-state index contributed by atoms with van der Waals surface area (Å²) >= 11 is 8.62. The molecule has 0 saturated carbocycles. The lowest BCUT2D eigenvalue weighted by Crippen LogP contribution is -2.34. The second-order valence-corrected chi connectivity index (χ2v) is 8.65. The molecular formula is C24H20BrN3O2S. The Morgan fingerprint density at radius 1 is 1.10 bits per heavy atom. The van der Waals surface area contributed by atoms with Crippen molar-refractivity contribution in [3.8, 4) is 0 Å².